The normalized spacial score (nSPS) is 15.4. The first kappa shape index (κ1) is 10.5. The van der Waals surface area contributed by atoms with Gasteiger partial charge in [0, 0.05) is 6.54 Å². The third kappa shape index (κ3) is 1.50. The van der Waals surface area contributed by atoms with E-state index in [2.05, 4.69) is 6.07 Å². The lowest BCUT2D eigenvalue weighted by atomic mass is 9.98. The molecule has 2 rings (SSSR count). The molecule has 1 unspecified atom stereocenters. The first-order chi connectivity index (χ1) is 7.65. The summed E-state index contributed by atoms with van der Waals surface area (Å²) in [6, 6.07) is 7.78. The van der Waals surface area contributed by atoms with E-state index >= 15 is 0 Å². The first-order valence-electron chi connectivity index (χ1n) is 5.17. The molecule has 0 bridgehead atoms. The van der Waals surface area contributed by atoms with Crippen molar-refractivity contribution >= 4 is 11.8 Å². The average Bonchev–Trinajstić information content (AvgIpc) is 2.71. The number of nitrogens with zero attached hydrogens (tertiary/aromatic N) is 2. The van der Waals surface area contributed by atoms with Crippen molar-refractivity contribution in [1.29, 1.82) is 5.26 Å². The highest BCUT2D eigenvalue weighted by molar-refractivity contribution is 5.90. The van der Waals surface area contributed by atoms with Gasteiger partial charge >= 0.3 is 6.09 Å². The number of benzene rings is 1. The standard InChI is InChI=1S/C12H12N2O2/c1-8(7-13)10-4-2-3-9-5-6-14(11(9)10)12(15)16/h2-4,8H,5-6H2,1H3,(H,15,16). The molecule has 0 aromatic heterocycles. The van der Waals surface area contributed by atoms with Crippen LogP contribution in [0.15, 0.2) is 18.2 Å². The van der Waals surface area contributed by atoms with Crippen LogP contribution < -0.4 is 4.90 Å². The number of hydrogen-bond acceptors (Lipinski definition) is 2. The first-order valence-corrected chi connectivity index (χ1v) is 5.17. The predicted octanol–water partition coefficient (Wildman–Crippen LogP) is 2.35. The third-order valence-electron chi connectivity index (χ3n) is 2.92. The van der Waals surface area contributed by atoms with Gasteiger partial charge in [0.15, 0.2) is 0 Å². The van der Waals surface area contributed by atoms with E-state index in [0.717, 1.165) is 17.5 Å². The SMILES string of the molecule is CC(C#N)c1cccc2c1N(C(=O)O)CC2. The molecule has 0 radical (unpaired) electrons. The van der Waals surface area contributed by atoms with Gasteiger partial charge in [-0.25, -0.2) is 4.79 Å². The predicted molar refractivity (Wildman–Crippen MR) is 59.5 cm³/mol. The van der Waals surface area contributed by atoms with Crippen molar-refractivity contribution in [2.75, 3.05) is 11.4 Å². The van der Waals surface area contributed by atoms with Crippen LogP contribution in [-0.4, -0.2) is 17.7 Å². The molecule has 1 atom stereocenters. The molecule has 1 aliphatic rings. The van der Waals surface area contributed by atoms with Crippen LogP contribution in [0, 0.1) is 11.3 Å². The second-order valence-electron chi connectivity index (χ2n) is 3.89. The zero-order chi connectivity index (χ0) is 11.7. The number of rotatable bonds is 1. The van der Waals surface area contributed by atoms with Gasteiger partial charge in [0.1, 0.15) is 0 Å². The van der Waals surface area contributed by atoms with Crippen molar-refractivity contribution in [2.24, 2.45) is 0 Å². The number of hydrogen-bond donors (Lipinski definition) is 1. The summed E-state index contributed by atoms with van der Waals surface area (Å²) in [6.07, 6.45) is -0.218. The Bertz CT molecular complexity index is 476. The molecule has 4 heteroatoms. The van der Waals surface area contributed by atoms with E-state index in [1.54, 1.807) is 6.92 Å². The van der Waals surface area contributed by atoms with E-state index < -0.39 is 6.09 Å². The molecule has 1 aliphatic heterocycles. The van der Waals surface area contributed by atoms with Crippen LogP contribution in [0.2, 0.25) is 0 Å². The number of para-hydroxylation sites is 1. The van der Waals surface area contributed by atoms with Gasteiger partial charge in [0.25, 0.3) is 0 Å². The average molecular weight is 216 g/mol. The monoisotopic (exact) mass is 216 g/mol. The van der Waals surface area contributed by atoms with Gasteiger partial charge in [0.05, 0.1) is 17.7 Å². The van der Waals surface area contributed by atoms with Crippen LogP contribution in [0.1, 0.15) is 24.0 Å². The molecular formula is C12H12N2O2. The van der Waals surface area contributed by atoms with E-state index in [4.69, 9.17) is 10.4 Å². The molecule has 1 amide bonds. The molecule has 82 valence electrons. The maximum atomic E-state index is 11.1. The molecule has 0 saturated carbocycles. The van der Waals surface area contributed by atoms with E-state index in [1.807, 2.05) is 18.2 Å². The molecule has 1 aromatic carbocycles. The summed E-state index contributed by atoms with van der Waals surface area (Å²) in [5, 5.41) is 18.0. The molecule has 4 nitrogen and oxygen atoms in total. The summed E-state index contributed by atoms with van der Waals surface area (Å²) in [5.74, 6) is -0.283. The van der Waals surface area contributed by atoms with Crippen LogP contribution in [0.25, 0.3) is 0 Å². The van der Waals surface area contributed by atoms with Gasteiger partial charge < -0.3 is 5.11 Å². The lowest BCUT2D eigenvalue weighted by Gasteiger charge is -2.17. The van der Waals surface area contributed by atoms with Gasteiger partial charge in [-0.2, -0.15) is 5.26 Å². The van der Waals surface area contributed by atoms with Crippen molar-refractivity contribution in [3.63, 3.8) is 0 Å². The van der Waals surface area contributed by atoms with Crippen molar-refractivity contribution in [3.8, 4) is 6.07 Å². The molecule has 16 heavy (non-hydrogen) atoms. The van der Waals surface area contributed by atoms with Gasteiger partial charge in [0.2, 0.25) is 0 Å². The summed E-state index contributed by atoms with van der Waals surface area (Å²) in [7, 11) is 0. The quantitative estimate of drug-likeness (QED) is 0.783. The van der Waals surface area contributed by atoms with E-state index in [-0.39, 0.29) is 5.92 Å². The maximum Gasteiger partial charge on any atom is 0.411 e. The Balaban J connectivity index is 2.54. The molecule has 0 saturated heterocycles. The van der Waals surface area contributed by atoms with E-state index in [1.165, 1.54) is 4.90 Å². The third-order valence-corrected chi connectivity index (χ3v) is 2.92. The minimum absolute atomic E-state index is 0.283. The number of nitriles is 1. The Hall–Kier alpha value is -2.02. The van der Waals surface area contributed by atoms with Crippen LogP contribution in [0.3, 0.4) is 0 Å². The zero-order valence-electron chi connectivity index (χ0n) is 8.97. The fourth-order valence-corrected chi connectivity index (χ4v) is 2.10. The fourth-order valence-electron chi connectivity index (χ4n) is 2.10. The van der Waals surface area contributed by atoms with Crippen molar-refractivity contribution in [3.05, 3.63) is 29.3 Å². The van der Waals surface area contributed by atoms with Crippen LogP contribution in [-0.2, 0) is 6.42 Å². The van der Waals surface area contributed by atoms with Gasteiger partial charge in [-0.3, -0.25) is 4.90 Å². The summed E-state index contributed by atoms with van der Waals surface area (Å²) in [5.41, 5.74) is 2.53. The molecule has 1 N–H and O–H groups in total. The van der Waals surface area contributed by atoms with E-state index in [0.29, 0.717) is 12.2 Å². The molecule has 0 fully saturated rings. The molecule has 0 spiro atoms. The summed E-state index contributed by atoms with van der Waals surface area (Å²) in [4.78, 5) is 12.4. The lowest BCUT2D eigenvalue weighted by molar-refractivity contribution is 0.202. The van der Waals surface area contributed by atoms with Gasteiger partial charge in [-0.1, -0.05) is 18.2 Å². The minimum atomic E-state index is -0.948. The molecular weight excluding hydrogens is 204 g/mol. The topological polar surface area (TPSA) is 64.3 Å². The number of carbonyl (C=O) groups is 1. The Morgan fingerprint density at radius 2 is 2.38 bits per heavy atom. The van der Waals surface area contributed by atoms with Crippen molar-refractivity contribution < 1.29 is 9.90 Å². The highest BCUT2D eigenvalue weighted by atomic mass is 16.4. The number of carboxylic acid groups (broad SMARTS) is 1. The Morgan fingerprint density at radius 3 is 3.00 bits per heavy atom. The lowest BCUT2D eigenvalue weighted by Crippen LogP contribution is -2.27. The summed E-state index contributed by atoms with van der Waals surface area (Å²) in [6.45, 7) is 2.27. The maximum absolute atomic E-state index is 11.1. The highest BCUT2D eigenvalue weighted by Crippen LogP contribution is 2.35. The molecule has 1 heterocycles. The van der Waals surface area contributed by atoms with Crippen molar-refractivity contribution in [1.82, 2.24) is 0 Å². The molecule has 0 aliphatic carbocycles. The summed E-state index contributed by atoms with van der Waals surface area (Å²) < 4.78 is 0. The number of anilines is 1. The Kier molecular flexibility index (Phi) is 2.53. The fraction of sp³-hybridized carbons (Fsp3) is 0.333. The molecule has 1 aromatic rings. The van der Waals surface area contributed by atoms with Crippen LogP contribution >= 0.6 is 0 Å². The van der Waals surface area contributed by atoms with Crippen LogP contribution in [0.4, 0.5) is 10.5 Å². The van der Waals surface area contributed by atoms with Gasteiger partial charge in [-0.05, 0) is 24.5 Å². The van der Waals surface area contributed by atoms with Gasteiger partial charge in [-0.15, -0.1) is 0 Å². The largest absolute Gasteiger partial charge is 0.465 e. The Labute approximate surface area is 93.7 Å². The zero-order valence-corrected chi connectivity index (χ0v) is 8.97. The highest BCUT2D eigenvalue weighted by Gasteiger charge is 2.28. The minimum Gasteiger partial charge on any atom is -0.465 e. The van der Waals surface area contributed by atoms with E-state index in [9.17, 15) is 4.79 Å². The number of amides is 1. The van der Waals surface area contributed by atoms with Crippen molar-refractivity contribution in [2.45, 2.75) is 19.3 Å². The number of fused-ring (bicyclic) bond motifs is 1. The second kappa shape index (κ2) is 3.86. The second-order valence-corrected chi connectivity index (χ2v) is 3.89. The van der Waals surface area contributed by atoms with Crippen LogP contribution in [0.5, 0.6) is 0 Å². The Morgan fingerprint density at radius 1 is 1.62 bits per heavy atom. The smallest absolute Gasteiger partial charge is 0.411 e. The summed E-state index contributed by atoms with van der Waals surface area (Å²) >= 11 is 0.